The van der Waals surface area contributed by atoms with Gasteiger partial charge in [-0.1, -0.05) is 11.3 Å². The van der Waals surface area contributed by atoms with Crippen molar-refractivity contribution < 1.29 is 22.8 Å². The Morgan fingerprint density at radius 2 is 1.95 bits per heavy atom. The van der Waals surface area contributed by atoms with Crippen molar-refractivity contribution in [3.05, 3.63) is 41.7 Å². The number of hydrogen-bond donors (Lipinski definition) is 1. The maximum absolute atomic E-state index is 12.6. The van der Waals surface area contributed by atoms with Crippen LogP contribution >= 0.6 is 0 Å². The van der Waals surface area contributed by atoms with Gasteiger partial charge in [0.2, 0.25) is 16.0 Å². The van der Waals surface area contributed by atoms with E-state index >= 15 is 0 Å². The van der Waals surface area contributed by atoms with Crippen molar-refractivity contribution in [2.75, 3.05) is 37.4 Å². The summed E-state index contributed by atoms with van der Waals surface area (Å²) in [5.41, 5.74) is 5.25. The molecule has 4 heterocycles. The number of nitrogens with one attached hydrogen (secondary N) is 1. The summed E-state index contributed by atoms with van der Waals surface area (Å²) in [5, 5.41) is 8.11. The van der Waals surface area contributed by atoms with E-state index in [1.54, 1.807) is 8.99 Å². The highest BCUT2D eigenvalue weighted by Gasteiger charge is 2.27. The van der Waals surface area contributed by atoms with Crippen LogP contribution in [-0.4, -0.2) is 82.4 Å². The fraction of sp³-hybridized carbons (Fsp3) is 0.560. The number of rotatable bonds is 9. The van der Waals surface area contributed by atoms with Crippen LogP contribution in [0, 0.1) is 5.92 Å². The van der Waals surface area contributed by atoms with E-state index in [4.69, 9.17) is 9.57 Å². The van der Waals surface area contributed by atoms with E-state index in [-0.39, 0.29) is 5.92 Å². The summed E-state index contributed by atoms with van der Waals surface area (Å²) in [6.07, 6.45) is 8.14. The number of aromatic nitrogens is 5. The smallest absolute Gasteiger partial charge is 0.278 e. The predicted molar refractivity (Wildman–Crippen MR) is 143 cm³/mol. The van der Waals surface area contributed by atoms with Gasteiger partial charge in [-0.3, -0.25) is 4.79 Å². The number of nitrogens with zero attached hydrogens (tertiary/aromatic N) is 7. The first-order chi connectivity index (χ1) is 18.8. The Balaban J connectivity index is 1.13. The Labute approximate surface area is 227 Å². The van der Waals surface area contributed by atoms with E-state index in [2.05, 4.69) is 30.7 Å². The van der Waals surface area contributed by atoms with Crippen molar-refractivity contribution in [3.63, 3.8) is 0 Å². The number of ether oxygens (including phenoxy) is 1. The lowest BCUT2D eigenvalue weighted by Gasteiger charge is -2.34. The molecule has 0 aliphatic carbocycles. The van der Waals surface area contributed by atoms with Crippen LogP contribution in [0.2, 0.25) is 0 Å². The highest BCUT2D eigenvalue weighted by atomic mass is 32.2. The van der Waals surface area contributed by atoms with Crippen LogP contribution in [0.1, 0.15) is 48.0 Å². The Hall–Kier alpha value is -3.20. The van der Waals surface area contributed by atoms with Gasteiger partial charge in [-0.25, -0.2) is 33.4 Å². The molecule has 1 amide bonds. The van der Waals surface area contributed by atoms with Crippen LogP contribution in [0.3, 0.4) is 0 Å². The van der Waals surface area contributed by atoms with Gasteiger partial charge in [0.1, 0.15) is 5.52 Å². The van der Waals surface area contributed by atoms with Crippen molar-refractivity contribution in [2.24, 2.45) is 13.0 Å². The lowest BCUT2D eigenvalue weighted by molar-refractivity contribution is -0.186. The van der Waals surface area contributed by atoms with E-state index in [1.807, 2.05) is 25.2 Å². The second-order valence-corrected chi connectivity index (χ2v) is 12.1. The van der Waals surface area contributed by atoms with Gasteiger partial charge < -0.3 is 9.64 Å². The first kappa shape index (κ1) is 27.4. The average Bonchev–Trinajstić information content (AvgIpc) is 3.32. The van der Waals surface area contributed by atoms with E-state index in [0.29, 0.717) is 44.3 Å². The number of piperidine rings is 1. The van der Waals surface area contributed by atoms with Crippen LogP contribution in [0.4, 0.5) is 5.95 Å². The largest absolute Gasteiger partial charge is 0.350 e. The molecule has 2 saturated heterocycles. The van der Waals surface area contributed by atoms with Crippen LogP contribution < -0.4 is 10.4 Å². The minimum atomic E-state index is -3.40. The van der Waals surface area contributed by atoms with Crippen LogP contribution in [0.5, 0.6) is 0 Å². The van der Waals surface area contributed by atoms with Gasteiger partial charge in [0.05, 0.1) is 17.3 Å². The summed E-state index contributed by atoms with van der Waals surface area (Å²) in [7, 11) is -1.59. The number of amides is 1. The van der Waals surface area contributed by atoms with Gasteiger partial charge in [0, 0.05) is 58.6 Å². The standard InChI is InChI=1S/C25H34N8O5S/c1-31-22-13-19(6-7-21(22)28-30-31)17-33(39(2,35)36)16-18-8-10-32(11-9-18)25-26-14-20(15-27-25)24(34)29-38-23-5-3-4-12-37-23/h6-7,13-15,18,23H,3-5,8-12,16-17H2,1-2H3,(H,29,34). The van der Waals surface area contributed by atoms with Crippen LogP contribution in [-0.2, 0) is 33.2 Å². The summed E-state index contributed by atoms with van der Waals surface area (Å²) in [4.78, 5) is 28.5. The zero-order valence-electron chi connectivity index (χ0n) is 22.2. The summed E-state index contributed by atoms with van der Waals surface area (Å²) in [5.74, 6) is 0.330. The van der Waals surface area contributed by atoms with Crippen molar-refractivity contribution in [3.8, 4) is 0 Å². The third-order valence-corrected chi connectivity index (χ3v) is 8.40. The first-order valence-corrected chi connectivity index (χ1v) is 15.0. The molecule has 210 valence electrons. The zero-order chi connectivity index (χ0) is 27.4. The molecular formula is C25H34N8O5S. The number of benzene rings is 1. The first-order valence-electron chi connectivity index (χ1n) is 13.1. The monoisotopic (exact) mass is 558 g/mol. The van der Waals surface area contributed by atoms with E-state index in [9.17, 15) is 13.2 Å². The van der Waals surface area contributed by atoms with Gasteiger partial charge in [-0.05, 0) is 49.3 Å². The number of anilines is 1. The molecule has 0 radical (unpaired) electrons. The summed E-state index contributed by atoms with van der Waals surface area (Å²) in [6.45, 7) is 2.76. The Morgan fingerprint density at radius 1 is 1.18 bits per heavy atom. The summed E-state index contributed by atoms with van der Waals surface area (Å²) in [6, 6.07) is 5.70. The third kappa shape index (κ3) is 6.87. The molecule has 1 atom stereocenters. The highest BCUT2D eigenvalue weighted by molar-refractivity contribution is 7.88. The second kappa shape index (κ2) is 11.9. The van der Waals surface area contributed by atoms with E-state index in [1.165, 1.54) is 18.6 Å². The molecule has 1 unspecified atom stereocenters. The van der Waals surface area contributed by atoms with Crippen molar-refractivity contribution in [1.29, 1.82) is 0 Å². The molecule has 2 aromatic heterocycles. The number of hydrogen-bond acceptors (Lipinski definition) is 10. The molecule has 1 aromatic carbocycles. The van der Waals surface area contributed by atoms with E-state index < -0.39 is 22.2 Å². The lowest BCUT2D eigenvalue weighted by Crippen LogP contribution is -2.41. The molecular weight excluding hydrogens is 524 g/mol. The number of carbonyl (C=O) groups is 1. The molecule has 0 bridgehead atoms. The maximum atomic E-state index is 12.6. The average molecular weight is 559 g/mol. The van der Waals surface area contributed by atoms with Crippen molar-refractivity contribution >= 4 is 32.9 Å². The van der Waals surface area contributed by atoms with Crippen LogP contribution in [0.15, 0.2) is 30.6 Å². The lowest BCUT2D eigenvalue weighted by atomic mass is 9.97. The molecule has 3 aromatic rings. The molecule has 5 rings (SSSR count). The molecule has 0 saturated carbocycles. The number of sulfonamides is 1. The number of fused-ring (bicyclic) bond motifs is 1. The second-order valence-electron chi connectivity index (χ2n) is 10.1. The van der Waals surface area contributed by atoms with Crippen molar-refractivity contribution in [1.82, 2.24) is 34.7 Å². The summed E-state index contributed by atoms with van der Waals surface area (Å²) < 4.78 is 33.9. The molecule has 2 aliphatic heterocycles. The molecule has 2 fully saturated rings. The molecule has 13 nitrogen and oxygen atoms in total. The molecule has 0 spiro atoms. The van der Waals surface area contributed by atoms with Gasteiger partial charge in [-0.2, -0.15) is 4.31 Å². The third-order valence-electron chi connectivity index (χ3n) is 7.18. The minimum absolute atomic E-state index is 0.210. The number of aryl methyl sites for hydroxylation is 1. The van der Waals surface area contributed by atoms with Crippen molar-refractivity contribution in [2.45, 2.75) is 44.9 Å². The SMILES string of the molecule is Cn1nnc2ccc(CN(CC3CCN(c4ncc(C(=O)NOC5CCCCO5)cn4)CC3)S(C)(=O)=O)cc21. The van der Waals surface area contributed by atoms with Gasteiger partial charge in [0.15, 0.2) is 6.29 Å². The number of hydroxylamine groups is 1. The number of carbonyl (C=O) groups excluding carboxylic acids is 1. The van der Waals surface area contributed by atoms with Gasteiger partial charge in [0.25, 0.3) is 5.91 Å². The van der Waals surface area contributed by atoms with Gasteiger partial charge in [-0.15, -0.1) is 5.10 Å². The Bertz CT molecular complexity index is 1380. The normalized spacial score (nSPS) is 19.1. The maximum Gasteiger partial charge on any atom is 0.278 e. The molecule has 1 N–H and O–H groups in total. The topological polar surface area (TPSA) is 145 Å². The fourth-order valence-corrected chi connectivity index (χ4v) is 5.75. The quantitative estimate of drug-likeness (QED) is 0.385. The van der Waals surface area contributed by atoms with Gasteiger partial charge >= 0.3 is 0 Å². The fourth-order valence-electron chi connectivity index (χ4n) is 4.88. The summed E-state index contributed by atoms with van der Waals surface area (Å²) >= 11 is 0. The predicted octanol–water partition coefficient (Wildman–Crippen LogP) is 1.62. The van der Waals surface area contributed by atoms with Crippen LogP contribution in [0.25, 0.3) is 11.0 Å². The Kier molecular flexibility index (Phi) is 8.35. The highest BCUT2D eigenvalue weighted by Crippen LogP contribution is 2.24. The van der Waals surface area contributed by atoms with E-state index in [0.717, 1.165) is 48.7 Å². The molecule has 14 heteroatoms. The zero-order valence-corrected chi connectivity index (χ0v) is 23.0. The minimum Gasteiger partial charge on any atom is -0.350 e. The Morgan fingerprint density at radius 3 is 2.64 bits per heavy atom. The molecule has 39 heavy (non-hydrogen) atoms. The molecule has 2 aliphatic rings.